The number of carbonyl (C=O) groups is 12. The molecule has 0 spiro atoms. The van der Waals surface area contributed by atoms with Crippen molar-refractivity contribution >= 4 is 70.3 Å². The van der Waals surface area contributed by atoms with Gasteiger partial charge in [-0.25, -0.2) is 0 Å². The second-order valence-electron chi connectivity index (χ2n) is 22.3. The molecule has 0 bridgehead atoms. The summed E-state index contributed by atoms with van der Waals surface area (Å²) in [6, 6.07) is 4.71. The minimum absolute atomic E-state index is 0.0999. The van der Waals surface area contributed by atoms with Gasteiger partial charge in [0, 0.05) is 56.3 Å². The average molecular weight is 1130 g/mol. The minimum Gasteiger partial charge on any atom is -0.396 e. The molecule has 1 aromatic carbocycles. The number of ketones is 5. The second-order valence-corrected chi connectivity index (χ2v) is 22.3. The van der Waals surface area contributed by atoms with Crippen molar-refractivity contribution in [3.05, 3.63) is 35.9 Å². The summed E-state index contributed by atoms with van der Waals surface area (Å²) in [5.74, 6) is -11.9. The van der Waals surface area contributed by atoms with E-state index in [1.54, 1.807) is 24.3 Å². The Hall–Kier alpha value is -6.30. The van der Waals surface area contributed by atoms with Gasteiger partial charge in [0.15, 0.2) is 28.9 Å². The van der Waals surface area contributed by atoms with Crippen molar-refractivity contribution in [3.8, 4) is 0 Å². The molecule has 8 atom stereocenters. The maximum atomic E-state index is 14.2. The number of unbranched alkanes of at least 4 members (excludes halogenated alkanes) is 2. The molecule has 0 aliphatic heterocycles. The molecule has 23 heteroatoms. The van der Waals surface area contributed by atoms with Crippen LogP contribution in [0.3, 0.4) is 0 Å². The smallest absolute Gasteiger partial charge is 0.237 e. The van der Waals surface area contributed by atoms with Crippen LogP contribution in [-0.2, 0) is 64.0 Å². The summed E-state index contributed by atoms with van der Waals surface area (Å²) in [5, 5.41) is 23.0. The van der Waals surface area contributed by atoms with Gasteiger partial charge >= 0.3 is 0 Å². The largest absolute Gasteiger partial charge is 0.396 e. The Labute approximate surface area is 471 Å². The van der Waals surface area contributed by atoms with Crippen LogP contribution in [0.15, 0.2) is 30.3 Å². The molecule has 0 aliphatic rings. The van der Waals surface area contributed by atoms with E-state index in [1.165, 1.54) is 0 Å². The average Bonchev–Trinajstić information content (AvgIpc) is 3.38. The highest BCUT2D eigenvalue weighted by molar-refractivity contribution is 5.98. The fourth-order valence-corrected chi connectivity index (χ4v) is 9.08. The normalized spacial score (nSPS) is 14.4. The van der Waals surface area contributed by atoms with E-state index in [2.05, 4.69) is 26.6 Å². The Morgan fingerprint density at radius 1 is 0.500 bits per heavy atom. The number of aliphatic hydroxyl groups is 1. The molecule has 1 rings (SSSR count). The number of nitrogens with one attached hydrogen (secondary N) is 5. The number of amides is 7. The molecule has 1 aromatic rings. The zero-order valence-corrected chi connectivity index (χ0v) is 48.0. The summed E-state index contributed by atoms with van der Waals surface area (Å²) in [5.41, 5.74) is 29.2. The molecule has 450 valence electrons. The fraction of sp³-hybridized carbons (Fsp3) is 0.684. The van der Waals surface area contributed by atoms with Crippen LogP contribution >= 0.6 is 0 Å². The fourth-order valence-electron chi connectivity index (χ4n) is 9.08. The van der Waals surface area contributed by atoms with Gasteiger partial charge in [-0.2, -0.15) is 0 Å². The van der Waals surface area contributed by atoms with Crippen LogP contribution in [0.4, 0.5) is 0 Å². The molecule has 0 aromatic heterocycles. The summed E-state index contributed by atoms with van der Waals surface area (Å²) < 4.78 is 0. The molecule has 0 saturated carbocycles. The van der Waals surface area contributed by atoms with Crippen molar-refractivity contribution in [2.24, 2.45) is 70.1 Å². The van der Waals surface area contributed by atoms with Crippen LogP contribution in [0.2, 0.25) is 0 Å². The first kappa shape index (κ1) is 71.7. The van der Waals surface area contributed by atoms with Crippen molar-refractivity contribution < 1.29 is 62.6 Å². The first-order valence-electron chi connectivity index (χ1n) is 28.2. The first-order valence-corrected chi connectivity index (χ1v) is 28.2. The third kappa shape index (κ3) is 30.3. The van der Waals surface area contributed by atoms with Gasteiger partial charge in [-0.1, -0.05) is 84.7 Å². The van der Waals surface area contributed by atoms with Crippen LogP contribution in [0.5, 0.6) is 0 Å². The number of carbonyl (C=O) groups excluding carboxylic acids is 12. The van der Waals surface area contributed by atoms with Crippen molar-refractivity contribution in [2.45, 2.75) is 175 Å². The van der Waals surface area contributed by atoms with Gasteiger partial charge in [0.05, 0.1) is 56.2 Å². The van der Waals surface area contributed by atoms with Crippen LogP contribution in [0.1, 0.15) is 150 Å². The standard InChI is InChI=1S/C57H94N10O13/c1-34(2)22-40(56(79)65-45(24-36(5)6)50(73)29-39(17-11-13-21-59)55(78)66-47(30-51(61)74)49(72)28-38(53(62)76)16-10-12-20-58)26-42(69)32-64-54(77)41(33-68)27-43(70)31-63-52(75)19-18-48(71)46(25-37-14-8-7-9-15-37)67-57(80)44(60)23-35(3)4/h7-9,14-15,34-36,38-41,44-47,68H,10-13,16-33,58-60H2,1-6H3,(H2,61,74)(H2,62,76)(H,63,75)(H,64,77)(H,65,79)(H,66,78)(H,67,80)/t38-,39-,40-,41+,44+,45+,46+,47+/m1/s1. The third-order valence-corrected chi connectivity index (χ3v) is 13.5. The Bertz CT molecular complexity index is 2190. The van der Waals surface area contributed by atoms with E-state index in [0.29, 0.717) is 45.2 Å². The van der Waals surface area contributed by atoms with Gasteiger partial charge in [0.25, 0.3) is 0 Å². The molecule has 0 radical (unpaired) electrons. The molecule has 0 unspecified atom stereocenters. The number of rotatable bonds is 45. The van der Waals surface area contributed by atoms with Crippen molar-refractivity contribution in [2.75, 3.05) is 32.8 Å². The highest BCUT2D eigenvalue weighted by Crippen LogP contribution is 2.22. The van der Waals surface area contributed by atoms with Crippen LogP contribution in [-0.4, -0.2) is 132 Å². The lowest BCUT2D eigenvalue weighted by molar-refractivity contribution is -0.136. The summed E-state index contributed by atoms with van der Waals surface area (Å²) >= 11 is 0. The SMILES string of the molecule is CC(C)C[C@H](CC(=O)CNC(=O)[C@H](CO)CC(=O)CNC(=O)CCC(=O)[C@H](Cc1ccccc1)NC(=O)[C@@H](N)CC(C)C)C(=O)N[C@@H](CC(C)C)C(=O)C[C@@H](CCCCN)C(=O)N[C@@H](CC(N)=O)C(=O)C[C@@H](CCCCN)C(N)=O. The molecule has 80 heavy (non-hydrogen) atoms. The quantitative estimate of drug-likeness (QED) is 0.0399. The molecule has 0 heterocycles. The second kappa shape index (κ2) is 39.2. The molecule has 7 amide bonds. The van der Waals surface area contributed by atoms with Gasteiger partial charge in [-0.3, -0.25) is 57.5 Å². The molecule has 16 N–H and O–H groups in total. The lowest BCUT2D eigenvalue weighted by Crippen LogP contribution is -2.49. The monoisotopic (exact) mass is 1130 g/mol. The van der Waals surface area contributed by atoms with Crippen LogP contribution in [0, 0.1) is 41.4 Å². The topological polar surface area (TPSA) is 415 Å². The Balaban J connectivity index is 3.02. The van der Waals surface area contributed by atoms with E-state index in [0.717, 1.165) is 5.56 Å². The number of hydrogen-bond acceptors (Lipinski definition) is 16. The third-order valence-electron chi connectivity index (χ3n) is 13.5. The molecule has 0 aliphatic carbocycles. The minimum atomic E-state index is -1.41. The predicted octanol–water partition coefficient (Wildman–Crippen LogP) is 0.643. The zero-order chi connectivity index (χ0) is 60.5. The molecular weight excluding hydrogens is 1030 g/mol. The highest BCUT2D eigenvalue weighted by atomic mass is 16.3. The van der Waals surface area contributed by atoms with E-state index < -0.39 is 151 Å². The first-order chi connectivity index (χ1) is 37.7. The molecule has 0 saturated heterocycles. The summed E-state index contributed by atoms with van der Waals surface area (Å²) in [6.45, 7) is 9.98. The van der Waals surface area contributed by atoms with E-state index in [-0.39, 0.29) is 82.0 Å². The number of nitrogens with two attached hydrogens (primary N) is 5. The number of Topliss-reactive ketones (excluding diaryl/α,β-unsaturated/α-hetero) is 5. The summed E-state index contributed by atoms with van der Waals surface area (Å²) in [4.78, 5) is 158. The molecule has 0 fully saturated rings. The van der Waals surface area contributed by atoms with Crippen molar-refractivity contribution in [1.29, 1.82) is 0 Å². The number of benzene rings is 1. The van der Waals surface area contributed by atoms with Crippen molar-refractivity contribution in [3.63, 3.8) is 0 Å². The van der Waals surface area contributed by atoms with E-state index in [9.17, 15) is 62.6 Å². The van der Waals surface area contributed by atoms with E-state index in [1.807, 2.05) is 47.6 Å². The van der Waals surface area contributed by atoms with Crippen molar-refractivity contribution in [1.82, 2.24) is 26.6 Å². The Morgan fingerprint density at radius 2 is 1.00 bits per heavy atom. The van der Waals surface area contributed by atoms with Gasteiger partial charge in [-0.05, 0) is 87.8 Å². The lowest BCUT2D eigenvalue weighted by Gasteiger charge is -2.26. The Morgan fingerprint density at radius 3 is 1.54 bits per heavy atom. The zero-order valence-electron chi connectivity index (χ0n) is 48.0. The maximum Gasteiger partial charge on any atom is 0.237 e. The van der Waals surface area contributed by atoms with Crippen LogP contribution in [0.25, 0.3) is 0 Å². The molecule has 23 nitrogen and oxygen atoms in total. The van der Waals surface area contributed by atoms with Gasteiger partial charge in [0.2, 0.25) is 41.4 Å². The van der Waals surface area contributed by atoms with E-state index in [4.69, 9.17) is 28.7 Å². The predicted molar refractivity (Wildman–Crippen MR) is 301 cm³/mol. The number of hydrogen-bond donors (Lipinski definition) is 11. The Kier molecular flexibility index (Phi) is 35.1. The lowest BCUT2D eigenvalue weighted by atomic mass is 9.87. The maximum absolute atomic E-state index is 14.2. The van der Waals surface area contributed by atoms with E-state index >= 15 is 0 Å². The summed E-state index contributed by atoms with van der Waals surface area (Å²) in [6.07, 6.45) is 0.711. The molecular formula is C57H94N10O13. The van der Waals surface area contributed by atoms with Crippen LogP contribution < -0.4 is 55.3 Å². The van der Waals surface area contributed by atoms with Gasteiger partial charge < -0.3 is 60.4 Å². The van der Waals surface area contributed by atoms with Gasteiger partial charge in [0.1, 0.15) is 0 Å². The highest BCUT2D eigenvalue weighted by Gasteiger charge is 2.34. The number of aliphatic hydroxyl groups excluding tert-OH is 1. The summed E-state index contributed by atoms with van der Waals surface area (Å²) in [7, 11) is 0. The number of primary amides is 2. The van der Waals surface area contributed by atoms with Gasteiger partial charge in [-0.15, -0.1) is 0 Å².